The highest BCUT2D eigenvalue weighted by Gasteiger charge is 2.31. The molecule has 1 aromatic heterocycles. The highest BCUT2D eigenvalue weighted by atomic mass is 19.4. The minimum Gasteiger partial charge on any atom is -0.434 e. The summed E-state index contributed by atoms with van der Waals surface area (Å²) in [4.78, 5) is 4.25. The molecule has 0 aliphatic heterocycles. The van der Waals surface area contributed by atoms with Crippen LogP contribution in [0.4, 0.5) is 26.3 Å². The summed E-state index contributed by atoms with van der Waals surface area (Å²) in [5, 5.41) is 0.0922. The monoisotopic (exact) mass is 415 g/mol. The van der Waals surface area contributed by atoms with E-state index < -0.39 is 24.5 Å². The molecule has 29 heavy (non-hydrogen) atoms. The van der Waals surface area contributed by atoms with Gasteiger partial charge in [0.05, 0.1) is 0 Å². The zero-order valence-corrected chi connectivity index (χ0v) is 15.1. The van der Waals surface area contributed by atoms with Crippen LogP contribution < -0.4 is 9.47 Å². The molecule has 0 saturated heterocycles. The quantitative estimate of drug-likeness (QED) is 0.461. The number of nitrogens with zero attached hydrogens (tertiary/aromatic N) is 1. The molecule has 0 saturated carbocycles. The Morgan fingerprint density at radius 2 is 1.72 bits per heavy atom. The van der Waals surface area contributed by atoms with Crippen molar-refractivity contribution >= 4 is 10.9 Å². The van der Waals surface area contributed by atoms with Gasteiger partial charge in [0.15, 0.2) is 0 Å². The third-order valence-corrected chi connectivity index (χ3v) is 4.18. The van der Waals surface area contributed by atoms with Crippen LogP contribution in [0.3, 0.4) is 0 Å². The van der Waals surface area contributed by atoms with Crippen molar-refractivity contribution < 1.29 is 35.8 Å². The lowest BCUT2D eigenvalue weighted by Gasteiger charge is -2.17. The van der Waals surface area contributed by atoms with Gasteiger partial charge in [0, 0.05) is 23.1 Å². The maximum atomic E-state index is 14.1. The van der Waals surface area contributed by atoms with E-state index in [1.165, 1.54) is 30.3 Å². The van der Waals surface area contributed by atoms with Crippen LogP contribution in [0.15, 0.2) is 42.5 Å². The molecule has 0 atom stereocenters. The summed E-state index contributed by atoms with van der Waals surface area (Å²) in [7, 11) is 0. The van der Waals surface area contributed by atoms with Crippen molar-refractivity contribution in [3.05, 3.63) is 65.1 Å². The molecule has 0 radical (unpaired) electrons. The number of benzene rings is 2. The number of para-hydroxylation sites is 1. The number of aromatic nitrogens is 1. The van der Waals surface area contributed by atoms with Gasteiger partial charge in [0.25, 0.3) is 0 Å². The van der Waals surface area contributed by atoms with Crippen LogP contribution >= 0.6 is 0 Å². The average molecular weight is 415 g/mol. The number of aryl methyl sites for hydroxylation is 1. The van der Waals surface area contributed by atoms with Gasteiger partial charge < -0.3 is 9.47 Å². The van der Waals surface area contributed by atoms with Crippen LogP contribution in [0.5, 0.6) is 11.5 Å². The smallest absolute Gasteiger partial charge is 0.434 e. The summed E-state index contributed by atoms with van der Waals surface area (Å²) in [5.41, 5.74) is 1.10. The number of hydrogen-bond acceptors (Lipinski definition) is 3. The van der Waals surface area contributed by atoms with E-state index in [1.807, 2.05) is 0 Å². The van der Waals surface area contributed by atoms with Crippen LogP contribution in [0.2, 0.25) is 0 Å². The van der Waals surface area contributed by atoms with E-state index >= 15 is 0 Å². The zero-order valence-electron chi connectivity index (χ0n) is 15.1. The Balaban J connectivity index is 2.05. The van der Waals surface area contributed by atoms with Gasteiger partial charge in [0.2, 0.25) is 0 Å². The Kier molecular flexibility index (Phi) is 5.86. The van der Waals surface area contributed by atoms with E-state index in [4.69, 9.17) is 4.74 Å². The molecule has 154 valence electrons. The zero-order chi connectivity index (χ0) is 21.2. The molecule has 0 aliphatic rings. The van der Waals surface area contributed by atoms with Gasteiger partial charge in [-0.15, -0.1) is 13.2 Å². The average Bonchev–Trinajstić information content (AvgIpc) is 2.63. The molecule has 3 aromatic rings. The van der Waals surface area contributed by atoms with Gasteiger partial charge >= 0.3 is 13.0 Å². The largest absolute Gasteiger partial charge is 0.573 e. The molecule has 0 spiro atoms. The van der Waals surface area contributed by atoms with Crippen molar-refractivity contribution in [3.8, 4) is 11.5 Å². The first-order valence-electron chi connectivity index (χ1n) is 8.57. The summed E-state index contributed by atoms with van der Waals surface area (Å²) in [6, 6.07) is 8.94. The summed E-state index contributed by atoms with van der Waals surface area (Å²) < 4.78 is 85.7. The highest BCUT2D eigenvalue weighted by Crippen LogP contribution is 2.35. The van der Waals surface area contributed by atoms with Gasteiger partial charge in [-0.2, -0.15) is 8.78 Å². The van der Waals surface area contributed by atoms with Gasteiger partial charge in [-0.25, -0.2) is 9.37 Å². The molecular formula is C20H15F6NO2. The Morgan fingerprint density at radius 3 is 2.31 bits per heavy atom. The number of alkyl halides is 5. The van der Waals surface area contributed by atoms with Gasteiger partial charge in [-0.3, -0.25) is 0 Å². The lowest BCUT2D eigenvalue weighted by Crippen LogP contribution is -2.17. The van der Waals surface area contributed by atoms with Crippen LogP contribution in [-0.4, -0.2) is 18.0 Å². The number of ether oxygens (including phenoxy) is 2. The second-order valence-corrected chi connectivity index (χ2v) is 6.10. The molecule has 3 rings (SSSR count). The van der Waals surface area contributed by atoms with Gasteiger partial charge in [-0.1, -0.05) is 25.1 Å². The summed E-state index contributed by atoms with van der Waals surface area (Å²) in [6.07, 6.45) is -4.45. The normalized spacial score (nSPS) is 11.9. The van der Waals surface area contributed by atoms with E-state index in [0.717, 1.165) is 12.1 Å². The van der Waals surface area contributed by atoms with E-state index in [-0.39, 0.29) is 23.1 Å². The lowest BCUT2D eigenvalue weighted by molar-refractivity contribution is -0.274. The fourth-order valence-electron chi connectivity index (χ4n) is 3.02. The fraction of sp³-hybridized carbons (Fsp3) is 0.250. The van der Waals surface area contributed by atoms with Crippen molar-refractivity contribution in [1.82, 2.24) is 4.98 Å². The topological polar surface area (TPSA) is 31.4 Å². The molecule has 0 N–H and O–H groups in total. The second kappa shape index (κ2) is 8.18. The molecule has 9 heteroatoms. The van der Waals surface area contributed by atoms with Crippen LogP contribution in [0, 0.1) is 5.82 Å². The van der Waals surface area contributed by atoms with Crippen LogP contribution in [0.1, 0.15) is 23.7 Å². The highest BCUT2D eigenvalue weighted by molar-refractivity contribution is 5.87. The molecule has 3 nitrogen and oxygen atoms in total. The first-order chi connectivity index (χ1) is 13.7. The molecule has 0 bridgehead atoms. The molecular weight excluding hydrogens is 400 g/mol. The van der Waals surface area contributed by atoms with E-state index in [0.29, 0.717) is 23.2 Å². The standard InChI is InChI=1S/C20H15F6NO2/c1-2-16-14(10-11-6-8-12(9-7-11)29-20(24,25)26)18(28-19(22)23)13-4-3-5-15(21)17(13)27-16/h3-9,19H,2,10H2,1H3. The van der Waals surface area contributed by atoms with Crippen LogP contribution in [0.25, 0.3) is 10.9 Å². The molecule has 0 fully saturated rings. The summed E-state index contributed by atoms with van der Waals surface area (Å²) in [5.74, 6) is -1.27. The van der Waals surface area contributed by atoms with Crippen molar-refractivity contribution in [2.75, 3.05) is 0 Å². The van der Waals surface area contributed by atoms with Crippen molar-refractivity contribution in [1.29, 1.82) is 0 Å². The number of hydrogen-bond donors (Lipinski definition) is 0. The third kappa shape index (κ3) is 4.90. The van der Waals surface area contributed by atoms with Crippen molar-refractivity contribution in [3.63, 3.8) is 0 Å². The number of fused-ring (bicyclic) bond motifs is 1. The van der Waals surface area contributed by atoms with E-state index in [9.17, 15) is 26.3 Å². The fourth-order valence-corrected chi connectivity index (χ4v) is 3.02. The number of rotatable bonds is 6. The Morgan fingerprint density at radius 1 is 1.03 bits per heavy atom. The molecule has 2 aromatic carbocycles. The summed E-state index contributed by atoms with van der Waals surface area (Å²) in [6.45, 7) is -1.42. The number of halogens is 6. The Hall–Kier alpha value is -2.97. The van der Waals surface area contributed by atoms with E-state index in [2.05, 4.69) is 9.72 Å². The summed E-state index contributed by atoms with van der Waals surface area (Å²) >= 11 is 0. The second-order valence-electron chi connectivity index (χ2n) is 6.10. The first kappa shape index (κ1) is 20.8. The van der Waals surface area contributed by atoms with Gasteiger partial charge in [0.1, 0.15) is 22.8 Å². The molecule has 0 unspecified atom stereocenters. The predicted molar refractivity (Wildman–Crippen MR) is 93.6 cm³/mol. The predicted octanol–water partition coefficient (Wildman–Crippen LogP) is 6.03. The van der Waals surface area contributed by atoms with E-state index in [1.54, 1.807) is 6.92 Å². The third-order valence-electron chi connectivity index (χ3n) is 4.18. The Bertz CT molecular complexity index is 1000. The van der Waals surface area contributed by atoms with Crippen molar-refractivity contribution in [2.24, 2.45) is 0 Å². The first-order valence-corrected chi connectivity index (χ1v) is 8.57. The molecule has 0 aliphatic carbocycles. The SMILES string of the molecule is CCc1nc2c(F)cccc2c(OC(F)F)c1Cc1ccc(OC(F)(F)F)cc1. The lowest BCUT2D eigenvalue weighted by atomic mass is 9.98. The van der Waals surface area contributed by atoms with Gasteiger partial charge in [-0.05, 0) is 36.2 Å². The molecule has 1 heterocycles. The number of pyridine rings is 1. The Labute approximate surface area is 161 Å². The molecule has 0 amide bonds. The minimum absolute atomic E-state index is 0.0526. The van der Waals surface area contributed by atoms with Crippen molar-refractivity contribution in [2.45, 2.75) is 32.7 Å². The minimum atomic E-state index is -4.82. The maximum Gasteiger partial charge on any atom is 0.573 e. The maximum absolute atomic E-state index is 14.1. The van der Waals surface area contributed by atoms with Crippen LogP contribution in [-0.2, 0) is 12.8 Å².